The molecule has 0 fully saturated rings. The maximum Gasteiger partial charge on any atom is 0.119 e. The van der Waals surface area contributed by atoms with E-state index in [0.29, 0.717) is 4.75 Å². The molecule has 1 aromatic carbocycles. The summed E-state index contributed by atoms with van der Waals surface area (Å²) in [4.78, 5) is 0. The van der Waals surface area contributed by atoms with E-state index < -0.39 is 0 Å². The van der Waals surface area contributed by atoms with Crippen molar-refractivity contribution in [3.05, 3.63) is 29.8 Å². The van der Waals surface area contributed by atoms with Gasteiger partial charge in [-0.25, -0.2) is 0 Å². The Hall–Kier alpha value is -0.670. The van der Waals surface area contributed by atoms with Crippen molar-refractivity contribution in [3.63, 3.8) is 0 Å². The van der Waals surface area contributed by atoms with Gasteiger partial charge in [-0.05, 0) is 43.2 Å². The minimum Gasteiger partial charge on any atom is -0.494 e. The SMILES string of the molecule is CCCOc1cccc(CNCC(CC)(CC)SC)c1. The number of rotatable bonds is 10. The van der Waals surface area contributed by atoms with Crippen LogP contribution < -0.4 is 10.1 Å². The summed E-state index contributed by atoms with van der Waals surface area (Å²) >= 11 is 1.98. The van der Waals surface area contributed by atoms with E-state index in [4.69, 9.17) is 4.74 Å². The Morgan fingerprint density at radius 3 is 2.55 bits per heavy atom. The summed E-state index contributed by atoms with van der Waals surface area (Å²) in [6, 6.07) is 8.40. The van der Waals surface area contributed by atoms with E-state index in [1.807, 2.05) is 17.8 Å². The maximum atomic E-state index is 5.67. The Morgan fingerprint density at radius 1 is 1.20 bits per heavy atom. The number of ether oxygens (including phenoxy) is 1. The van der Waals surface area contributed by atoms with Crippen LogP contribution in [0.4, 0.5) is 0 Å². The van der Waals surface area contributed by atoms with Gasteiger partial charge < -0.3 is 10.1 Å². The van der Waals surface area contributed by atoms with E-state index >= 15 is 0 Å². The summed E-state index contributed by atoms with van der Waals surface area (Å²) in [5.41, 5.74) is 1.29. The standard InChI is InChI=1S/C17H29NOS/c1-5-11-19-16-10-8-9-15(12-16)13-18-14-17(6-2,7-3)20-4/h8-10,12,18H,5-7,11,13-14H2,1-4H3. The molecule has 1 N–H and O–H groups in total. The molecule has 3 heteroatoms. The molecule has 0 radical (unpaired) electrons. The average Bonchev–Trinajstić information content (AvgIpc) is 2.50. The van der Waals surface area contributed by atoms with E-state index in [-0.39, 0.29) is 0 Å². The second-order valence-corrected chi connectivity index (χ2v) is 6.47. The van der Waals surface area contributed by atoms with Crippen molar-refractivity contribution in [2.75, 3.05) is 19.4 Å². The molecule has 0 amide bonds. The Kier molecular flexibility index (Phi) is 8.08. The highest BCUT2D eigenvalue weighted by atomic mass is 32.2. The molecule has 2 nitrogen and oxygen atoms in total. The zero-order valence-electron chi connectivity index (χ0n) is 13.4. The number of thioether (sulfide) groups is 1. The van der Waals surface area contributed by atoms with Gasteiger partial charge in [0.05, 0.1) is 6.61 Å². The molecule has 0 unspecified atom stereocenters. The molecule has 114 valence electrons. The van der Waals surface area contributed by atoms with Crippen LogP contribution in [-0.4, -0.2) is 24.2 Å². The largest absolute Gasteiger partial charge is 0.494 e. The Labute approximate surface area is 128 Å². The molecule has 0 saturated carbocycles. The molecule has 0 aliphatic rings. The molecule has 20 heavy (non-hydrogen) atoms. The van der Waals surface area contributed by atoms with E-state index in [9.17, 15) is 0 Å². The van der Waals surface area contributed by atoms with Crippen LogP contribution in [0.3, 0.4) is 0 Å². The van der Waals surface area contributed by atoms with Crippen molar-refractivity contribution in [2.24, 2.45) is 0 Å². The summed E-state index contributed by atoms with van der Waals surface area (Å²) in [5, 5.41) is 3.60. The van der Waals surface area contributed by atoms with E-state index in [2.05, 4.69) is 50.5 Å². The molecular weight excluding hydrogens is 266 g/mol. The lowest BCUT2D eigenvalue weighted by atomic mass is 10.0. The normalized spacial score (nSPS) is 11.6. The van der Waals surface area contributed by atoms with Crippen LogP contribution in [0.2, 0.25) is 0 Å². The minimum atomic E-state index is 0.371. The number of benzene rings is 1. The molecule has 0 aliphatic carbocycles. The molecule has 0 aromatic heterocycles. The van der Waals surface area contributed by atoms with E-state index in [1.165, 1.54) is 18.4 Å². The van der Waals surface area contributed by atoms with Gasteiger partial charge >= 0.3 is 0 Å². The monoisotopic (exact) mass is 295 g/mol. The van der Waals surface area contributed by atoms with Gasteiger partial charge in [-0.1, -0.05) is 32.9 Å². The van der Waals surface area contributed by atoms with Crippen LogP contribution in [0.15, 0.2) is 24.3 Å². The minimum absolute atomic E-state index is 0.371. The summed E-state index contributed by atoms with van der Waals surface area (Å²) in [5.74, 6) is 0.980. The van der Waals surface area contributed by atoms with Gasteiger partial charge in [0.15, 0.2) is 0 Å². The predicted octanol–water partition coefficient (Wildman–Crippen LogP) is 4.49. The molecule has 0 bridgehead atoms. The van der Waals surface area contributed by atoms with Gasteiger partial charge in [0.25, 0.3) is 0 Å². The first-order chi connectivity index (χ1) is 9.69. The Morgan fingerprint density at radius 2 is 1.95 bits per heavy atom. The average molecular weight is 295 g/mol. The molecule has 1 rings (SSSR count). The second-order valence-electron chi connectivity index (χ2n) is 5.19. The fourth-order valence-electron chi connectivity index (χ4n) is 2.26. The van der Waals surface area contributed by atoms with Crippen molar-refractivity contribution in [3.8, 4) is 5.75 Å². The summed E-state index contributed by atoms with van der Waals surface area (Å²) in [6.45, 7) is 9.44. The Balaban J connectivity index is 2.49. The van der Waals surface area contributed by atoms with Crippen molar-refractivity contribution < 1.29 is 4.74 Å². The molecule has 0 saturated heterocycles. The molecular formula is C17H29NOS. The molecule has 0 heterocycles. The number of hydrogen-bond acceptors (Lipinski definition) is 3. The third-order valence-electron chi connectivity index (χ3n) is 3.87. The third-order valence-corrected chi connectivity index (χ3v) is 5.46. The highest BCUT2D eigenvalue weighted by molar-refractivity contribution is 8.00. The first-order valence-corrected chi connectivity index (χ1v) is 8.89. The van der Waals surface area contributed by atoms with Crippen LogP contribution in [-0.2, 0) is 6.54 Å². The lowest BCUT2D eigenvalue weighted by Crippen LogP contribution is -2.36. The van der Waals surface area contributed by atoms with Gasteiger partial charge in [-0.15, -0.1) is 0 Å². The fraction of sp³-hybridized carbons (Fsp3) is 0.647. The van der Waals surface area contributed by atoms with E-state index in [0.717, 1.165) is 31.9 Å². The molecule has 0 aliphatic heterocycles. The lowest BCUT2D eigenvalue weighted by molar-refractivity contribution is 0.317. The highest BCUT2D eigenvalue weighted by Gasteiger charge is 2.23. The summed E-state index contributed by atoms with van der Waals surface area (Å²) < 4.78 is 6.05. The van der Waals surface area contributed by atoms with Crippen LogP contribution in [0.1, 0.15) is 45.6 Å². The van der Waals surface area contributed by atoms with Crippen LogP contribution in [0.25, 0.3) is 0 Å². The first-order valence-electron chi connectivity index (χ1n) is 7.67. The third kappa shape index (κ3) is 5.37. The quantitative estimate of drug-likeness (QED) is 0.687. The Bertz CT molecular complexity index is 369. The van der Waals surface area contributed by atoms with Gasteiger partial charge in [0.2, 0.25) is 0 Å². The van der Waals surface area contributed by atoms with Gasteiger partial charge in [-0.3, -0.25) is 0 Å². The molecule has 0 spiro atoms. The zero-order chi connectivity index (χ0) is 14.8. The maximum absolute atomic E-state index is 5.67. The van der Waals surface area contributed by atoms with Gasteiger partial charge in [-0.2, -0.15) is 11.8 Å². The van der Waals surface area contributed by atoms with Crippen molar-refractivity contribution in [1.29, 1.82) is 0 Å². The first kappa shape index (κ1) is 17.4. The smallest absolute Gasteiger partial charge is 0.119 e. The lowest BCUT2D eigenvalue weighted by Gasteiger charge is -2.30. The van der Waals surface area contributed by atoms with E-state index in [1.54, 1.807) is 0 Å². The zero-order valence-corrected chi connectivity index (χ0v) is 14.2. The molecule has 1 aromatic rings. The summed E-state index contributed by atoms with van der Waals surface area (Å²) in [6.07, 6.45) is 5.67. The molecule has 0 atom stereocenters. The van der Waals surface area contributed by atoms with Gasteiger partial charge in [0.1, 0.15) is 5.75 Å². The highest BCUT2D eigenvalue weighted by Crippen LogP contribution is 2.29. The van der Waals surface area contributed by atoms with Crippen molar-refractivity contribution in [1.82, 2.24) is 5.32 Å². The second kappa shape index (κ2) is 9.30. The van der Waals surface area contributed by atoms with Crippen LogP contribution in [0, 0.1) is 0 Å². The van der Waals surface area contributed by atoms with Crippen molar-refractivity contribution in [2.45, 2.75) is 51.3 Å². The summed E-state index contributed by atoms with van der Waals surface area (Å²) in [7, 11) is 0. The van der Waals surface area contributed by atoms with Crippen molar-refractivity contribution >= 4 is 11.8 Å². The van der Waals surface area contributed by atoms with Crippen LogP contribution in [0.5, 0.6) is 5.75 Å². The number of hydrogen-bond donors (Lipinski definition) is 1. The number of nitrogens with one attached hydrogen (secondary N) is 1. The fourth-order valence-corrected chi connectivity index (χ4v) is 3.08. The van der Waals surface area contributed by atoms with Gasteiger partial charge in [0, 0.05) is 17.8 Å². The topological polar surface area (TPSA) is 21.3 Å². The predicted molar refractivity (Wildman–Crippen MR) is 90.8 cm³/mol. The van der Waals surface area contributed by atoms with Crippen LogP contribution >= 0.6 is 11.8 Å².